The Morgan fingerprint density at radius 3 is 2.64 bits per heavy atom. The maximum absolute atomic E-state index is 12.5. The molecule has 22 heavy (non-hydrogen) atoms. The number of furan rings is 1. The number of carbonyl (C=O) groups excluding carboxylic acids is 1. The first-order valence-corrected chi connectivity index (χ1v) is 7.54. The molecule has 1 heterocycles. The highest BCUT2D eigenvalue weighted by Crippen LogP contribution is 2.51. The lowest BCUT2D eigenvalue weighted by atomic mass is 9.54. The number of ether oxygens (including phenoxy) is 1. The van der Waals surface area contributed by atoms with Gasteiger partial charge in [0.2, 0.25) is 0 Å². The van der Waals surface area contributed by atoms with Gasteiger partial charge >= 0.3 is 5.97 Å². The van der Waals surface area contributed by atoms with E-state index in [2.05, 4.69) is 5.32 Å². The van der Waals surface area contributed by atoms with Crippen LogP contribution in [-0.2, 0) is 16.0 Å². The van der Waals surface area contributed by atoms with E-state index >= 15 is 0 Å². The lowest BCUT2D eigenvalue weighted by molar-refractivity contribution is -0.190. The molecule has 0 aliphatic heterocycles. The molecule has 0 unspecified atom stereocenters. The number of aryl methyl sites for hydroxylation is 1. The number of carboxylic acids is 1. The second-order valence-electron chi connectivity index (χ2n) is 6.15. The monoisotopic (exact) mass is 309 g/mol. The second-order valence-corrected chi connectivity index (χ2v) is 6.15. The van der Waals surface area contributed by atoms with E-state index in [9.17, 15) is 14.7 Å². The van der Waals surface area contributed by atoms with Gasteiger partial charge in [0.15, 0.2) is 0 Å². The van der Waals surface area contributed by atoms with E-state index in [-0.39, 0.29) is 12.5 Å². The summed E-state index contributed by atoms with van der Waals surface area (Å²) in [5.41, 5.74) is -1.63. The number of aliphatic carboxylic acids is 1. The van der Waals surface area contributed by atoms with E-state index in [1.54, 1.807) is 19.9 Å². The minimum atomic E-state index is -1.33. The number of hydrogen-bond donors (Lipinski definition) is 2. The molecule has 6 heteroatoms. The zero-order chi connectivity index (χ0) is 16.5. The molecule has 2 N–H and O–H groups in total. The van der Waals surface area contributed by atoms with Crippen LogP contribution in [0.1, 0.15) is 50.2 Å². The van der Waals surface area contributed by atoms with Gasteiger partial charge in [-0.25, -0.2) is 4.79 Å². The summed E-state index contributed by atoms with van der Waals surface area (Å²) >= 11 is 0. The van der Waals surface area contributed by atoms with E-state index in [4.69, 9.17) is 9.15 Å². The van der Waals surface area contributed by atoms with Crippen molar-refractivity contribution >= 4 is 11.9 Å². The molecule has 1 amide bonds. The van der Waals surface area contributed by atoms with Crippen molar-refractivity contribution in [3.63, 3.8) is 0 Å². The fourth-order valence-corrected chi connectivity index (χ4v) is 3.11. The smallest absolute Gasteiger partial charge is 0.330 e. The Balaban J connectivity index is 2.24. The van der Waals surface area contributed by atoms with Crippen molar-refractivity contribution in [3.8, 4) is 0 Å². The average Bonchev–Trinajstić information content (AvgIpc) is 2.93. The molecule has 1 saturated carbocycles. The minimum Gasteiger partial charge on any atom is -0.479 e. The summed E-state index contributed by atoms with van der Waals surface area (Å²) in [5, 5.41) is 12.4. The molecule has 0 bridgehead atoms. The molecule has 1 fully saturated rings. The maximum Gasteiger partial charge on any atom is 0.330 e. The molecule has 1 aromatic rings. The Morgan fingerprint density at radius 2 is 2.14 bits per heavy atom. The zero-order valence-corrected chi connectivity index (χ0v) is 13.4. The van der Waals surface area contributed by atoms with Gasteiger partial charge in [0.1, 0.15) is 11.3 Å². The summed E-state index contributed by atoms with van der Waals surface area (Å²) in [6.45, 7) is 7.87. The van der Waals surface area contributed by atoms with Gasteiger partial charge < -0.3 is 19.6 Å². The summed E-state index contributed by atoms with van der Waals surface area (Å²) in [4.78, 5) is 24.3. The number of nitrogens with one attached hydrogen (secondary N) is 1. The van der Waals surface area contributed by atoms with Crippen LogP contribution >= 0.6 is 0 Å². The molecule has 2 rings (SSSR count). The van der Waals surface area contributed by atoms with E-state index in [1.165, 1.54) is 6.26 Å². The molecule has 0 saturated heterocycles. The van der Waals surface area contributed by atoms with Crippen LogP contribution in [0.2, 0.25) is 0 Å². The Hall–Kier alpha value is -1.82. The predicted octanol–water partition coefficient (Wildman–Crippen LogP) is 2.23. The van der Waals surface area contributed by atoms with Crippen molar-refractivity contribution in [2.24, 2.45) is 5.41 Å². The van der Waals surface area contributed by atoms with Crippen molar-refractivity contribution in [2.45, 2.75) is 52.2 Å². The highest BCUT2D eigenvalue weighted by Gasteiger charge is 2.66. The molecule has 0 spiro atoms. The lowest BCUT2D eigenvalue weighted by Crippen LogP contribution is -2.76. The average molecular weight is 309 g/mol. The molecule has 0 aromatic carbocycles. The van der Waals surface area contributed by atoms with Crippen LogP contribution in [0.15, 0.2) is 16.7 Å². The molecular weight excluding hydrogens is 286 g/mol. The number of carbonyl (C=O) groups is 2. The predicted molar refractivity (Wildman–Crippen MR) is 79.7 cm³/mol. The van der Waals surface area contributed by atoms with Crippen LogP contribution in [-0.4, -0.2) is 35.2 Å². The van der Waals surface area contributed by atoms with Gasteiger partial charge in [-0.3, -0.25) is 4.79 Å². The molecule has 0 radical (unpaired) electrons. The van der Waals surface area contributed by atoms with Crippen molar-refractivity contribution < 1.29 is 23.8 Å². The quantitative estimate of drug-likeness (QED) is 0.841. The van der Waals surface area contributed by atoms with Crippen LogP contribution < -0.4 is 5.32 Å². The first-order chi connectivity index (χ1) is 10.3. The van der Waals surface area contributed by atoms with Gasteiger partial charge in [0, 0.05) is 24.9 Å². The molecular formula is C16H23NO5. The SMILES string of the molecule is CCO[C@H]1C[C@](NC(=O)c2ccoc2CC)(C(=O)O)C1(C)C. The Bertz CT molecular complexity index is 577. The van der Waals surface area contributed by atoms with Gasteiger partial charge in [-0.15, -0.1) is 0 Å². The molecule has 122 valence electrons. The standard InChI is InChI=1S/C16H23NO5/c1-5-11-10(7-8-22-11)13(18)17-16(14(19)20)9-12(21-6-2)15(16,3)4/h7-8,12H,5-6,9H2,1-4H3,(H,17,18)(H,19,20)/t12-,16-/m0/s1. The van der Waals surface area contributed by atoms with Crippen molar-refractivity contribution in [2.75, 3.05) is 6.61 Å². The summed E-state index contributed by atoms with van der Waals surface area (Å²) < 4.78 is 10.8. The van der Waals surface area contributed by atoms with Gasteiger partial charge in [-0.05, 0) is 13.0 Å². The largest absolute Gasteiger partial charge is 0.479 e. The minimum absolute atomic E-state index is 0.191. The van der Waals surface area contributed by atoms with Gasteiger partial charge in [0.25, 0.3) is 5.91 Å². The third-order valence-corrected chi connectivity index (χ3v) is 4.77. The molecule has 1 aliphatic rings. The zero-order valence-electron chi connectivity index (χ0n) is 13.4. The molecule has 1 aliphatic carbocycles. The van der Waals surface area contributed by atoms with E-state index in [1.807, 2.05) is 13.8 Å². The van der Waals surface area contributed by atoms with Crippen LogP contribution in [0.25, 0.3) is 0 Å². The van der Waals surface area contributed by atoms with Crippen LogP contribution in [0.5, 0.6) is 0 Å². The summed E-state index contributed by atoms with van der Waals surface area (Å²) in [5.74, 6) is -0.907. The van der Waals surface area contributed by atoms with Crippen LogP contribution in [0.3, 0.4) is 0 Å². The number of rotatable bonds is 6. The van der Waals surface area contributed by atoms with E-state index in [0.717, 1.165) is 0 Å². The third kappa shape index (κ3) is 2.31. The summed E-state index contributed by atoms with van der Waals surface area (Å²) in [7, 11) is 0. The summed E-state index contributed by atoms with van der Waals surface area (Å²) in [6, 6.07) is 1.56. The van der Waals surface area contributed by atoms with Crippen molar-refractivity contribution in [1.29, 1.82) is 0 Å². The molecule has 2 atom stereocenters. The fraction of sp³-hybridized carbons (Fsp3) is 0.625. The van der Waals surface area contributed by atoms with Crippen molar-refractivity contribution in [1.82, 2.24) is 5.32 Å². The maximum atomic E-state index is 12.5. The lowest BCUT2D eigenvalue weighted by Gasteiger charge is -2.58. The topological polar surface area (TPSA) is 88.8 Å². The Labute approximate surface area is 129 Å². The second kappa shape index (κ2) is 5.76. The molecule has 1 aromatic heterocycles. The van der Waals surface area contributed by atoms with E-state index < -0.39 is 22.8 Å². The first-order valence-electron chi connectivity index (χ1n) is 7.54. The first kappa shape index (κ1) is 16.5. The number of hydrogen-bond acceptors (Lipinski definition) is 4. The normalized spacial score (nSPS) is 26.3. The highest BCUT2D eigenvalue weighted by atomic mass is 16.5. The summed E-state index contributed by atoms with van der Waals surface area (Å²) in [6.07, 6.45) is 2.08. The Morgan fingerprint density at radius 1 is 1.45 bits per heavy atom. The number of amides is 1. The van der Waals surface area contributed by atoms with Crippen LogP contribution in [0.4, 0.5) is 0 Å². The fourth-order valence-electron chi connectivity index (χ4n) is 3.11. The number of carboxylic acid groups (broad SMARTS) is 1. The van der Waals surface area contributed by atoms with Gasteiger partial charge in [0.05, 0.1) is 17.9 Å². The third-order valence-electron chi connectivity index (χ3n) is 4.77. The van der Waals surface area contributed by atoms with Gasteiger partial charge in [-0.2, -0.15) is 0 Å². The van der Waals surface area contributed by atoms with Gasteiger partial charge in [-0.1, -0.05) is 20.8 Å². The van der Waals surface area contributed by atoms with E-state index in [0.29, 0.717) is 24.4 Å². The highest BCUT2D eigenvalue weighted by molar-refractivity contribution is 5.99. The van der Waals surface area contributed by atoms with Crippen LogP contribution in [0, 0.1) is 5.41 Å². The Kier molecular flexibility index (Phi) is 4.33. The molecule has 6 nitrogen and oxygen atoms in total. The van der Waals surface area contributed by atoms with Crippen molar-refractivity contribution in [3.05, 3.63) is 23.7 Å².